The van der Waals surface area contributed by atoms with E-state index in [0.29, 0.717) is 24.5 Å². The number of carbonyl (C=O) groups excluding carboxylic acids is 2. The molecular formula is C23H28N2O4. The summed E-state index contributed by atoms with van der Waals surface area (Å²) in [5, 5.41) is 2.91. The minimum absolute atomic E-state index is 0.0181. The second-order valence-electron chi connectivity index (χ2n) is 7.83. The number of amides is 2. The second-order valence-corrected chi connectivity index (χ2v) is 7.83. The first-order chi connectivity index (χ1) is 13.8. The SMILES string of the molecule is COc1ccc(CCNC(=O)CN2C(=O)C(C)(C)c3cc(C)ccc32)cc1OC. The molecule has 1 N–H and O–H groups in total. The van der Waals surface area contributed by atoms with E-state index in [1.807, 2.05) is 57.2 Å². The fourth-order valence-corrected chi connectivity index (χ4v) is 3.69. The van der Waals surface area contributed by atoms with Crippen LogP contribution in [0.1, 0.15) is 30.5 Å². The van der Waals surface area contributed by atoms with Crippen LogP contribution < -0.4 is 19.7 Å². The van der Waals surface area contributed by atoms with Crippen molar-refractivity contribution in [2.75, 3.05) is 32.2 Å². The van der Waals surface area contributed by atoms with Crippen molar-refractivity contribution in [3.63, 3.8) is 0 Å². The summed E-state index contributed by atoms with van der Waals surface area (Å²) in [6, 6.07) is 11.6. The minimum Gasteiger partial charge on any atom is -0.493 e. The predicted molar refractivity (Wildman–Crippen MR) is 113 cm³/mol. The third-order valence-electron chi connectivity index (χ3n) is 5.38. The summed E-state index contributed by atoms with van der Waals surface area (Å²) in [6.07, 6.45) is 0.654. The van der Waals surface area contributed by atoms with Gasteiger partial charge in [-0.1, -0.05) is 23.8 Å². The molecule has 2 aromatic carbocycles. The Morgan fingerprint density at radius 3 is 2.48 bits per heavy atom. The van der Waals surface area contributed by atoms with E-state index in [-0.39, 0.29) is 18.4 Å². The first-order valence-electron chi connectivity index (χ1n) is 9.68. The number of hydrogen-bond acceptors (Lipinski definition) is 4. The van der Waals surface area contributed by atoms with Crippen LogP contribution in [-0.4, -0.2) is 39.1 Å². The molecule has 0 aliphatic carbocycles. The number of nitrogens with one attached hydrogen (secondary N) is 1. The van der Waals surface area contributed by atoms with Gasteiger partial charge in [0.05, 0.1) is 19.6 Å². The highest BCUT2D eigenvalue weighted by Gasteiger charge is 2.44. The van der Waals surface area contributed by atoms with Crippen LogP contribution in [0, 0.1) is 6.92 Å². The van der Waals surface area contributed by atoms with Gasteiger partial charge in [-0.3, -0.25) is 9.59 Å². The molecular weight excluding hydrogens is 368 g/mol. The molecule has 0 spiro atoms. The van der Waals surface area contributed by atoms with Gasteiger partial charge in [0, 0.05) is 12.2 Å². The zero-order chi connectivity index (χ0) is 21.2. The van der Waals surface area contributed by atoms with Crippen molar-refractivity contribution in [1.29, 1.82) is 0 Å². The number of carbonyl (C=O) groups is 2. The van der Waals surface area contributed by atoms with Gasteiger partial charge in [-0.25, -0.2) is 0 Å². The standard InChI is InChI=1S/C23H28N2O4/c1-15-6-8-18-17(12-15)23(2,3)22(27)25(18)14-21(26)24-11-10-16-7-9-19(28-4)20(13-16)29-5/h6-9,12-13H,10-11,14H2,1-5H3,(H,24,26). The predicted octanol–water partition coefficient (Wildman–Crippen LogP) is 3.00. The van der Waals surface area contributed by atoms with Crippen molar-refractivity contribution >= 4 is 17.5 Å². The molecule has 0 radical (unpaired) electrons. The molecule has 0 aromatic heterocycles. The summed E-state index contributed by atoms with van der Waals surface area (Å²) in [5.41, 5.74) is 3.30. The molecule has 0 saturated heterocycles. The lowest BCUT2D eigenvalue weighted by Crippen LogP contribution is -2.43. The Morgan fingerprint density at radius 1 is 1.07 bits per heavy atom. The quantitative estimate of drug-likeness (QED) is 0.781. The molecule has 0 atom stereocenters. The van der Waals surface area contributed by atoms with E-state index >= 15 is 0 Å². The fraction of sp³-hybridized carbons (Fsp3) is 0.391. The Hall–Kier alpha value is -3.02. The van der Waals surface area contributed by atoms with Crippen LogP contribution in [0.2, 0.25) is 0 Å². The molecule has 2 amide bonds. The molecule has 0 unspecified atom stereocenters. The molecule has 3 rings (SSSR count). The van der Waals surface area contributed by atoms with Gasteiger partial charge in [0.2, 0.25) is 11.8 Å². The number of aryl methyl sites for hydroxylation is 1. The number of fused-ring (bicyclic) bond motifs is 1. The van der Waals surface area contributed by atoms with E-state index in [1.54, 1.807) is 19.1 Å². The minimum atomic E-state index is -0.624. The van der Waals surface area contributed by atoms with E-state index in [0.717, 1.165) is 22.4 Å². The van der Waals surface area contributed by atoms with E-state index < -0.39 is 5.41 Å². The molecule has 2 aromatic rings. The second kappa shape index (κ2) is 8.15. The van der Waals surface area contributed by atoms with Crippen molar-refractivity contribution in [2.45, 2.75) is 32.6 Å². The number of benzene rings is 2. The van der Waals surface area contributed by atoms with E-state index in [4.69, 9.17) is 9.47 Å². The number of methoxy groups -OCH3 is 2. The summed E-state index contributed by atoms with van der Waals surface area (Å²) < 4.78 is 10.5. The summed E-state index contributed by atoms with van der Waals surface area (Å²) in [6.45, 7) is 6.31. The van der Waals surface area contributed by atoms with Gasteiger partial charge >= 0.3 is 0 Å². The first kappa shape index (κ1) is 20.7. The zero-order valence-electron chi connectivity index (χ0n) is 17.7. The largest absolute Gasteiger partial charge is 0.493 e. The van der Waals surface area contributed by atoms with Crippen LogP contribution in [0.4, 0.5) is 5.69 Å². The lowest BCUT2D eigenvalue weighted by Gasteiger charge is -2.20. The average molecular weight is 396 g/mol. The number of rotatable bonds is 7. The summed E-state index contributed by atoms with van der Waals surface area (Å²) in [5.74, 6) is 1.11. The van der Waals surface area contributed by atoms with Gasteiger partial charge in [0.15, 0.2) is 11.5 Å². The number of nitrogens with zero attached hydrogens (tertiary/aromatic N) is 1. The van der Waals surface area contributed by atoms with E-state index in [1.165, 1.54) is 0 Å². The molecule has 1 aliphatic rings. The van der Waals surface area contributed by atoms with E-state index in [2.05, 4.69) is 5.32 Å². The molecule has 1 heterocycles. The average Bonchev–Trinajstić information content (AvgIpc) is 2.88. The molecule has 1 aliphatic heterocycles. The van der Waals surface area contributed by atoms with Crippen LogP contribution in [0.5, 0.6) is 11.5 Å². The Morgan fingerprint density at radius 2 is 1.79 bits per heavy atom. The van der Waals surface area contributed by atoms with Crippen LogP contribution in [0.25, 0.3) is 0 Å². The molecule has 6 nitrogen and oxygen atoms in total. The highest BCUT2D eigenvalue weighted by molar-refractivity contribution is 6.10. The molecule has 29 heavy (non-hydrogen) atoms. The normalized spacial score (nSPS) is 14.5. The Labute approximate surface area is 171 Å². The highest BCUT2D eigenvalue weighted by atomic mass is 16.5. The third-order valence-corrected chi connectivity index (χ3v) is 5.38. The van der Waals surface area contributed by atoms with Crippen LogP contribution in [-0.2, 0) is 21.4 Å². The van der Waals surface area contributed by atoms with Crippen molar-refractivity contribution in [3.05, 3.63) is 53.1 Å². The van der Waals surface area contributed by atoms with Crippen LogP contribution in [0.15, 0.2) is 36.4 Å². The van der Waals surface area contributed by atoms with Crippen LogP contribution >= 0.6 is 0 Å². The van der Waals surface area contributed by atoms with Crippen molar-refractivity contribution in [1.82, 2.24) is 5.32 Å². The number of anilines is 1. The third kappa shape index (κ3) is 4.06. The highest BCUT2D eigenvalue weighted by Crippen LogP contribution is 2.41. The van der Waals surface area contributed by atoms with E-state index in [9.17, 15) is 9.59 Å². The summed E-state index contributed by atoms with van der Waals surface area (Å²) >= 11 is 0. The number of hydrogen-bond donors (Lipinski definition) is 1. The maximum Gasteiger partial charge on any atom is 0.240 e. The van der Waals surface area contributed by atoms with Gasteiger partial charge in [-0.2, -0.15) is 0 Å². The first-order valence-corrected chi connectivity index (χ1v) is 9.68. The smallest absolute Gasteiger partial charge is 0.240 e. The summed E-state index contributed by atoms with van der Waals surface area (Å²) in [7, 11) is 3.19. The molecule has 0 saturated carbocycles. The molecule has 0 fully saturated rings. The van der Waals surface area contributed by atoms with Gasteiger partial charge in [-0.05, 0) is 56.5 Å². The lowest BCUT2D eigenvalue weighted by atomic mass is 9.85. The van der Waals surface area contributed by atoms with Gasteiger partial charge in [-0.15, -0.1) is 0 Å². The molecule has 6 heteroatoms. The fourth-order valence-electron chi connectivity index (χ4n) is 3.69. The molecule has 0 bridgehead atoms. The topological polar surface area (TPSA) is 67.9 Å². The number of ether oxygens (including phenoxy) is 2. The lowest BCUT2D eigenvalue weighted by molar-refractivity contribution is -0.125. The van der Waals surface area contributed by atoms with Gasteiger partial charge in [0.1, 0.15) is 6.54 Å². The Bertz CT molecular complexity index is 936. The Kier molecular flexibility index (Phi) is 5.82. The Balaban J connectivity index is 1.61. The van der Waals surface area contributed by atoms with Gasteiger partial charge in [0.25, 0.3) is 0 Å². The zero-order valence-corrected chi connectivity index (χ0v) is 17.7. The van der Waals surface area contributed by atoms with Gasteiger partial charge < -0.3 is 19.7 Å². The van der Waals surface area contributed by atoms with Crippen LogP contribution in [0.3, 0.4) is 0 Å². The van der Waals surface area contributed by atoms with Crippen molar-refractivity contribution in [2.24, 2.45) is 0 Å². The maximum atomic E-state index is 12.9. The molecule has 154 valence electrons. The maximum absolute atomic E-state index is 12.9. The van der Waals surface area contributed by atoms with Crippen molar-refractivity contribution in [3.8, 4) is 11.5 Å². The summed E-state index contributed by atoms with van der Waals surface area (Å²) in [4.78, 5) is 27.0. The van der Waals surface area contributed by atoms with Crippen molar-refractivity contribution < 1.29 is 19.1 Å². The monoisotopic (exact) mass is 396 g/mol.